The fourth-order valence-electron chi connectivity index (χ4n) is 3.06. The third kappa shape index (κ3) is 6.28. The molecule has 0 amide bonds. The fourth-order valence-corrected chi connectivity index (χ4v) is 3.06. The number of hydrogen-bond donors (Lipinski definition) is 1. The summed E-state index contributed by atoms with van der Waals surface area (Å²) in [5, 5.41) is 3.41. The lowest BCUT2D eigenvalue weighted by atomic mass is 10.1. The van der Waals surface area contributed by atoms with E-state index in [2.05, 4.69) is 17.1 Å². The number of nitrogens with one attached hydrogen (secondary N) is 1. The zero-order valence-electron chi connectivity index (χ0n) is 14.8. The Bertz CT molecular complexity index is 346. The molecule has 2 aliphatic rings. The number of hydrogen-bond acceptors (Lipinski definition) is 4. The summed E-state index contributed by atoms with van der Waals surface area (Å²) in [5.74, 6) is 1.01. The van der Waals surface area contributed by atoms with Crippen LogP contribution in [-0.2, 0) is 14.2 Å². The van der Waals surface area contributed by atoms with Gasteiger partial charge >= 0.3 is 0 Å². The minimum absolute atomic E-state index is 0.174. The maximum atomic E-state index is 5.92. The molecular weight excluding hydrogens is 294 g/mol. The molecule has 0 aromatic carbocycles. The second kappa shape index (κ2) is 10.8. The molecule has 134 valence electrons. The van der Waals surface area contributed by atoms with Crippen molar-refractivity contribution in [2.75, 3.05) is 52.6 Å². The monoisotopic (exact) mass is 327 g/mol. The van der Waals surface area contributed by atoms with Crippen LogP contribution in [0.4, 0.5) is 0 Å². The van der Waals surface area contributed by atoms with Gasteiger partial charge in [0.25, 0.3) is 0 Å². The lowest BCUT2D eigenvalue weighted by Crippen LogP contribution is -2.53. The van der Waals surface area contributed by atoms with Crippen LogP contribution in [0.15, 0.2) is 4.99 Å². The molecule has 2 atom stereocenters. The average molecular weight is 327 g/mol. The van der Waals surface area contributed by atoms with Gasteiger partial charge < -0.3 is 24.4 Å². The molecule has 2 aliphatic heterocycles. The van der Waals surface area contributed by atoms with Gasteiger partial charge in [-0.15, -0.1) is 0 Å². The first-order chi connectivity index (χ1) is 11.3. The van der Waals surface area contributed by atoms with E-state index < -0.39 is 0 Å². The minimum atomic E-state index is 0.174. The Morgan fingerprint density at radius 2 is 2.09 bits per heavy atom. The largest absolute Gasteiger partial charge is 0.382 e. The molecule has 2 unspecified atom stereocenters. The number of morpholine rings is 1. The second-order valence-corrected chi connectivity index (χ2v) is 6.05. The summed E-state index contributed by atoms with van der Waals surface area (Å²) in [6.45, 7) is 10.9. The summed E-state index contributed by atoms with van der Waals surface area (Å²) in [6, 6.07) is 0. The molecule has 2 saturated heterocycles. The van der Waals surface area contributed by atoms with Gasteiger partial charge in [0, 0.05) is 46.0 Å². The number of nitrogens with zero attached hydrogens (tertiary/aromatic N) is 2. The van der Waals surface area contributed by atoms with Gasteiger partial charge in [0.15, 0.2) is 5.96 Å². The Balaban J connectivity index is 1.80. The van der Waals surface area contributed by atoms with Crippen LogP contribution >= 0.6 is 0 Å². The van der Waals surface area contributed by atoms with Gasteiger partial charge in [-0.3, -0.25) is 4.99 Å². The Hall–Kier alpha value is -0.850. The Morgan fingerprint density at radius 1 is 1.22 bits per heavy atom. The van der Waals surface area contributed by atoms with Crippen molar-refractivity contribution in [2.45, 2.75) is 51.7 Å². The summed E-state index contributed by atoms with van der Waals surface area (Å²) < 4.78 is 17.1. The van der Waals surface area contributed by atoms with E-state index in [0.29, 0.717) is 0 Å². The summed E-state index contributed by atoms with van der Waals surface area (Å²) in [7, 11) is 0. The first-order valence-electron chi connectivity index (χ1n) is 9.19. The van der Waals surface area contributed by atoms with Crippen molar-refractivity contribution in [3.05, 3.63) is 0 Å². The maximum Gasteiger partial charge on any atom is 0.194 e. The first-order valence-corrected chi connectivity index (χ1v) is 9.19. The van der Waals surface area contributed by atoms with Gasteiger partial charge in [0.2, 0.25) is 0 Å². The van der Waals surface area contributed by atoms with Crippen LogP contribution in [0.3, 0.4) is 0 Å². The SMILES string of the molecule is CCNC(=NCCCCOCC)N1CCOC(C2CCCO2)C1. The molecule has 0 spiro atoms. The number of unbranched alkanes of at least 4 members (excludes halogenated alkanes) is 1. The molecule has 6 heteroatoms. The van der Waals surface area contributed by atoms with Crippen molar-refractivity contribution in [2.24, 2.45) is 4.99 Å². The molecule has 2 fully saturated rings. The van der Waals surface area contributed by atoms with Gasteiger partial charge in [-0.25, -0.2) is 0 Å². The van der Waals surface area contributed by atoms with Crippen molar-refractivity contribution >= 4 is 5.96 Å². The predicted octanol–water partition coefficient (Wildman–Crippen LogP) is 1.65. The highest BCUT2D eigenvalue weighted by Gasteiger charge is 2.32. The topological polar surface area (TPSA) is 55.3 Å². The lowest BCUT2D eigenvalue weighted by molar-refractivity contribution is -0.0817. The smallest absolute Gasteiger partial charge is 0.194 e. The van der Waals surface area contributed by atoms with Crippen LogP contribution in [-0.4, -0.2) is 75.7 Å². The van der Waals surface area contributed by atoms with E-state index in [-0.39, 0.29) is 12.2 Å². The standard InChI is InChI=1S/C17H33N3O3/c1-3-18-17(19-9-5-6-11-21-4-2)20-10-13-23-16(14-20)15-8-7-12-22-15/h15-16H,3-14H2,1-2H3,(H,18,19). The van der Waals surface area contributed by atoms with E-state index in [1.807, 2.05) is 6.92 Å². The molecule has 0 aromatic heterocycles. The van der Waals surface area contributed by atoms with Crippen LogP contribution < -0.4 is 5.32 Å². The van der Waals surface area contributed by atoms with E-state index in [4.69, 9.17) is 19.2 Å². The van der Waals surface area contributed by atoms with E-state index in [1.54, 1.807) is 0 Å². The van der Waals surface area contributed by atoms with Crippen molar-refractivity contribution in [1.29, 1.82) is 0 Å². The van der Waals surface area contributed by atoms with Crippen LogP contribution in [0.2, 0.25) is 0 Å². The zero-order valence-corrected chi connectivity index (χ0v) is 14.8. The third-order valence-corrected chi connectivity index (χ3v) is 4.27. The summed E-state index contributed by atoms with van der Waals surface area (Å²) >= 11 is 0. The van der Waals surface area contributed by atoms with Crippen LogP contribution in [0.1, 0.15) is 39.5 Å². The Kier molecular flexibility index (Phi) is 8.71. The fraction of sp³-hybridized carbons (Fsp3) is 0.941. The molecule has 23 heavy (non-hydrogen) atoms. The van der Waals surface area contributed by atoms with E-state index >= 15 is 0 Å². The molecule has 2 rings (SSSR count). The van der Waals surface area contributed by atoms with E-state index in [9.17, 15) is 0 Å². The Morgan fingerprint density at radius 3 is 2.83 bits per heavy atom. The maximum absolute atomic E-state index is 5.92. The highest BCUT2D eigenvalue weighted by atomic mass is 16.5. The van der Waals surface area contributed by atoms with Crippen molar-refractivity contribution < 1.29 is 14.2 Å². The van der Waals surface area contributed by atoms with Crippen LogP contribution in [0.5, 0.6) is 0 Å². The highest BCUT2D eigenvalue weighted by Crippen LogP contribution is 2.21. The van der Waals surface area contributed by atoms with Crippen LogP contribution in [0.25, 0.3) is 0 Å². The summed E-state index contributed by atoms with van der Waals surface area (Å²) in [6.07, 6.45) is 4.83. The van der Waals surface area contributed by atoms with Crippen LogP contribution in [0, 0.1) is 0 Å². The van der Waals surface area contributed by atoms with Gasteiger partial charge in [0.05, 0.1) is 12.7 Å². The molecule has 0 aliphatic carbocycles. The molecule has 1 N–H and O–H groups in total. The lowest BCUT2D eigenvalue weighted by Gasteiger charge is -2.37. The van der Waals surface area contributed by atoms with Crippen molar-refractivity contribution in [1.82, 2.24) is 10.2 Å². The molecule has 0 bridgehead atoms. The number of aliphatic imine (C=N–C) groups is 1. The quantitative estimate of drug-likeness (QED) is 0.417. The molecular formula is C17H33N3O3. The third-order valence-electron chi connectivity index (χ3n) is 4.27. The minimum Gasteiger partial charge on any atom is -0.382 e. The Labute approximate surface area is 140 Å². The summed E-state index contributed by atoms with van der Waals surface area (Å²) in [4.78, 5) is 7.10. The molecule has 2 heterocycles. The molecule has 6 nitrogen and oxygen atoms in total. The molecule has 0 saturated carbocycles. The number of ether oxygens (including phenoxy) is 3. The number of guanidine groups is 1. The van der Waals surface area contributed by atoms with Gasteiger partial charge in [0.1, 0.15) is 6.10 Å². The highest BCUT2D eigenvalue weighted by molar-refractivity contribution is 5.80. The van der Waals surface area contributed by atoms with Gasteiger partial charge in [-0.2, -0.15) is 0 Å². The first kappa shape index (κ1) is 18.5. The average Bonchev–Trinajstić information content (AvgIpc) is 3.12. The van der Waals surface area contributed by atoms with Crippen molar-refractivity contribution in [3.63, 3.8) is 0 Å². The van der Waals surface area contributed by atoms with Gasteiger partial charge in [-0.1, -0.05) is 0 Å². The molecule has 0 aromatic rings. The zero-order chi connectivity index (χ0) is 16.3. The van der Waals surface area contributed by atoms with Gasteiger partial charge in [-0.05, 0) is 39.5 Å². The van der Waals surface area contributed by atoms with E-state index in [1.165, 1.54) is 0 Å². The molecule has 0 radical (unpaired) electrons. The summed E-state index contributed by atoms with van der Waals surface area (Å²) in [5.41, 5.74) is 0. The normalized spacial score (nSPS) is 25.8. The van der Waals surface area contributed by atoms with E-state index in [0.717, 1.165) is 84.2 Å². The number of rotatable bonds is 8. The van der Waals surface area contributed by atoms with Crippen molar-refractivity contribution in [3.8, 4) is 0 Å². The predicted molar refractivity (Wildman–Crippen MR) is 92.0 cm³/mol. The second-order valence-electron chi connectivity index (χ2n) is 6.05.